The van der Waals surface area contributed by atoms with Crippen molar-refractivity contribution in [2.24, 2.45) is 22.7 Å². The van der Waals surface area contributed by atoms with Crippen LogP contribution in [0.1, 0.15) is 59.3 Å². The van der Waals surface area contributed by atoms with E-state index in [1.807, 2.05) is 0 Å². The van der Waals surface area contributed by atoms with E-state index in [0.29, 0.717) is 23.4 Å². The molecule has 0 aromatic heterocycles. The lowest BCUT2D eigenvalue weighted by Crippen LogP contribution is -2.49. The number of methoxy groups -OCH3 is 2. The van der Waals surface area contributed by atoms with Crippen molar-refractivity contribution in [3.63, 3.8) is 0 Å². The van der Waals surface area contributed by atoms with Gasteiger partial charge in [-0.1, -0.05) is 45.4 Å². The summed E-state index contributed by atoms with van der Waals surface area (Å²) in [6, 6.07) is 0. The van der Waals surface area contributed by atoms with Gasteiger partial charge in [0.1, 0.15) is 6.10 Å². The van der Waals surface area contributed by atoms with E-state index in [2.05, 4.69) is 33.4 Å². The predicted molar refractivity (Wildman–Crippen MR) is 101 cm³/mol. The Morgan fingerprint density at radius 2 is 1.96 bits per heavy atom. The fourth-order valence-corrected chi connectivity index (χ4v) is 6.12. The second kappa shape index (κ2) is 7.17. The van der Waals surface area contributed by atoms with Crippen molar-refractivity contribution < 1.29 is 14.2 Å². The van der Waals surface area contributed by atoms with Crippen LogP contribution in [0.2, 0.25) is 0 Å². The molecule has 3 aliphatic rings. The topological polar surface area (TPSA) is 27.7 Å². The molecule has 0 aromatic carbocycles. The van der Waals surface area contributed by atoms with Crippen LogP contribution < -0.4 is 0 Å². The summed E-state index contributed by atoms with van der Waals surface area (Å²) in [7, 11) is 3.46. The molecule has 142 valence electrons. The summed E-state index contributed by atoms with van der Waals surface area (Å²) in [4.78, 5) is 0. The van der Waals surface area contributed by atoms with E-state index < -0.39 is 0 Å². The van der Waals surface area contributed by atoms with Crippen LogP contribution in [0.4, 0.5) is 0 Å². The largest absolute Gasteiger partial charge is 0.374 e. The Morgan fingerprint density at radius 3 is 2.64 bits per heavy atom. The third-order valence-corrected chi connectivity index (χ3v) is 7.45. The van der Waals surface area contributed by atoms with Crippen molar-refractivity contribution in [2.45, 2.75) is 71.7 Å². The summed E-state index contributed by atoms with van der Waals surface area (Å²) >= 11 is 0. The van der Waals surface area contributed by atoms with Gasteiger partial charge in [-0.15, -0.1) is 0 Å². The first-order valence-electron chi connectivity index (χ1n) is 9.88. The van der Waals surface area contributed by atoms with Gasteiger partial charge in [0.05, 0.1) is 6.61 Å². The maximum Gasteiger partial charge on any atom is 0.182 e. The van der Waals surface area contributed by atoms with Crippen LogP contribution in [0.3, 0.4) is 0 Å². The van der Waals surface area contributed by atoms with E-state index >= 15 is 0 Å². The fourth-order valence-electron chi connectivity index (χ4n) is 6.12. The highest BCUT2D eigenvalue weighted by Crippen LogP contribution is 2.61. The van der Waals surface area contributed by atoms with Crippen LogP contribution in [0.25, 0.3) is 0 Å². The van der Waals surface area contributed by atoms with E-state index in [9.17, 15) is 0 Å². The molecule has 0 aromatic rings. The molecular weight excluding hydrogens is 312 g/mol. The number of rotatable bonds is 4. The van der Waals surface area contributed by atoms with Crippen LogP contribution in [0, 0.1) is 22.7 Å². The van der Waals surface area contributed by atoms with Gasteiger partial charge < -0.3 is 14.2 Å². The monoisotopic (exact) mass is 348 g/mol. The standard InChI is InChI=1S/C22H36O3/c1-15-8-11-19-21(2,3)12-7-13-22(19,4)17(15)10-9-16-18(23-5)14-25-20(16)24-6/h9,17-20H,1,7-8,10-14H2,2-6H3/b16-9+/t17-,18+,19+,20+,22+/m0/s1. The maximum absolute atomic E-state index is 5.71. The molecule has 2 saturated carbocycles. The SMILES string of the molecule is C=C1CC[C@@H]2C(C)(C)CCC[C@]2(C)[C@H]1C/C=C1/[C@H](OC)OC[C@H]1OC. The average Bonchev–Trinajstić information content (AvgIpc) is 2.95. The van der Waals surface area contributed by atoms with Crippen molar-refractivity contribution in [1.82, 2.24) is 0 Å². The normalized spacial score (nSPS) is 42.6. The lowest BCUT2D eigenvalue weighted by molar-refractivity contribution is -0.0733. The summed E-state index contributed by atoms with van der Waals surface area (Å²) in [5, 5.41) is 0. The zero-order valence-electron chi connectivity index (χ0n) is 16.8. The molecule has 0 bridgehead atoms. The van der Waals surface area contributed by atoms with Gasteiger partial charge >= 0.3 is 0 Å². The van der Waals surface area contributed by atoms with Crippen molar-refractivity contribution >= 4 is 0 Å². The summed E-state index contributed by atoms with van der Waals surface area (Å²) in [6.45, 7) is 12.5. The molecule has 5 atom stereocenters. The first kappa shape index (κ1) is 19.1. The number of hydrogen-bond acceptors (Lipinski definition) is 3. The van der Waals surface area contributed by atoms with E-state index in [1.165, 1.54) is 37.7 Å². The molecule has 25 heavy (non-hydrogen) atoms. The van der Waals surface area contributed by atoms with E-state index in [4.69, 9.17) is 14.2 Å². The Balaban J connectivity index is 1.84. The lowest BCUT2D eigenvalue weighted by Gasteiger charge is -2.58. The van der Waals surface area contributed by atoms with Crippen LogP contribution in [0.5, 0.6) is 0 Å². The second-order valence-corrected chi connectivity index (χ2v) is 9.22. The highest BCUT2D eigenvalue weighted by Gasteiger charge is 2.52. The second-order valence-electron chi connectivity index (χ2n) is 9.22. The van der Waals surface area contributed by atoms with Gasteiger partial charge in [-0.05, 0) is 54.8 Å². The van der Waals surface area contributed by atoms with E-state index in [1.54, 1.807) is 14.2 Å². The Hall–Kier alpha value is -0.640. The summed E-state index contributed by atoms with van der Waals surface area (Å²) in [6.07, 6.45) is 9.63. The highest BCUT2D eigenvalue weighted by atomic mass is 16.7. The van der Waals surface area contributed by atoms with Crippen molar-refractivity contribution in [3.05, 3.63) is 23.8 Å². The maximum atomic E-state index is 5.71. The Bertz CT molecular complexity index is 521. The molecule has 3 nitrogen and oxygen atoms in total. The average molecular weight is 349 g/mol. The molecule has 3 rings (SSSR count). The summed E-state index contributed by atoms with van der Waals surface area (Å²) in [5.74, 6) is 1.34. The summed E-state index contributed by atoms with van der Waals surface area (Å²) in [5.41, 5.74) is 3.40. The molecule has 2 aliphatic carbocycles. The number of fused-ring (bicyclic) bond motifs is 1. The van der Waals surface area contributed by atoms with Crippen LogP contribution in [-0.4, -0.2) is 33.2 Å². The van der Waals surface area contributed by atoms with Gasteiger partial charge in [-0.25, -0.2) is 0 Å². The molecule has 3 fully saturated rings. The first-order chi connectivity index (χ1) is 11.8. The highest BCUT2D eigenvalue weighted by molar-refractivity contribution is 5.21. The first-order valence-corrected chi connectivity index (χ1v) is 9.88. The number of hydrogen-bond donors (Lipinski definition) is 0. The Labute approximate surface area is 153 Å². The minimum absolute atomic E-state index is 0.0215. The van der Waals surface area contributed by atoms with Crippen molar-refractivity contribution in [3.8, 4) is 0 Å². The predicted octanol–water partition coefficient (Wildman–Crippen LogP) is 5.12. The molecule has 0 unspecified atom stereocenters. The van der Waals surface area contributed by atoms with Crippen LogP contribution in [0.15, 0.2) is 23.8 Å². The third-order valence-electron chi connectivity index (χ3n) is 7.45. The minimum atomic E-state index is -0.256. The number of ether oxygens (including phenoxy) is 3. The Morgan fingerprint density at radius 1 is 1.20 bits per heavy atom. The van der Waals surface area contributed by atoms with E-state index in [-0.39, 0.29) is 12.4 Å². The van der Waals surface area contributed by atoms with Gasteiger partial charge in [0.25, 0.3) is 0 Å². The summed E-state index contributed by atoms with van der Waals surface area (Å²) < 4.78 is 16.8. The molecule has 1 aliphatic heterocycles. The third kappa shape index (κ3) is 3.36. The zero-order valence-corrected chi connectivity index (χ0v) is 16.8. The number of allylic oxidation sites excluding steroid dienone is 2. The molecule has 0 spiro atoms. The van der Waals surface area contributed by atoms with Gasteiger partial charge in [0.2, 0.25) is 0 Å². The molecule has 3 heteroatoms. The molecule has 0 radical (unpaired) electrons. The van der Waals surface area contributed by atoms with Gasteiger partial charge in [-0.2, -0.15) is 0 Å². The molecule has 1 heterocycles. The Kier molecular flexibility index (Phi) is 5.49. The minimum Gasteiger partial charge on any atom is -0.374 e. The van der Waals surface area contributed by atoms with Crippen LogP contribution >= 0.6 is 0 Å². The fraction of sp³-hybridized carbons (Fsp3) is 0.818. The van der Waals surface area contributed by atoms with E-state index in [0.717, 1.165) is 17.9 Å². The smallest absolute Gasteiger partial charge is 0.182 e. The van der Waals surface area contributed by atoms with Crippen LogP contribution in [-0.2, 0) is 14.2 Å². The lowest BCUT2D eigenvalue weighted by atomic mass is 9.47. The van der Waals surface area contributed by atoms with Crippen molar-refractivity contribution in [2.75, 3.05) is 20.8 Å². The van der Waals surface area contributed by atoms with Gasteiger partial charge in [-0.3, -0.25) is 0 Å². The van der Waals surface area contributed by atoms with Gasteiger partial charge in [0, 0.05) is 19.8 Å². The molecule has 1 saturated heterocycles. The quantitative estimate of drug-likeness (QED) is 0.660. The molecule has 0 amide bonds. The zero-order chi connectivity index (χ0) is 18.2. The molecule has 0 N–H and O–H groups in total. The molecular formula is C22H36O3. The van der Waals surface area contributed by atoms with Gasteiger partial charge in [0.15, 0.2) is 6.29 Å². The van der Waals surface area contributed by atoms with Crippen molar-refractivity contribution in [1.29, 1.82) is 0 Å².